The topological polar surface area (TPSA) is 81.1 Å². The van der Waals surface area contributed by atoms with Gasteiger partial charge in [-0.1, -0.05) is 291 Å². The Morgan fingerprint density at radius 1 is 0.162 bits per heavy atom. The van der Waals surface area contributed by atoms with Crippen LogP contribution in [0.3, 0.4) is 0 Å². The molecule has 6 heteroatoms. The second-order valence-corrected chi connectivity index (χ2v) is 23.5. The van der Waals surface area contributed by atoms with E-state index in [1.54, 1.807) is 0 Å². The van der Waals surface area contributed by atoms with E-state index in [0.717, 1.165) is 101 Å². The molecule has 0 aliphatic heterocycles. The van der Waals surface area contributed by atoms with Gasteiger partial charge in [0.2, 0.25) is 0 Å². The summed E-state index contributed by atoms with van der Waals surface area (Å²) in [7, 11) is 0. The first-order valence-corrected chi connectivity index (χ1v) is 32.8. The minimum Gasteiger partial charge on any atom is -0.311 e. The zero-order valence-electron chi connectivity index (χ0n) is 54.3. The Balaban J connectivity index is 0.759. The van der Waals surface area contributed by atoms with Crippen LogP contribution < -0.4 is 14.7 Å². The average Bonchev–Trinajstić information content (AvgIpc) is 0.780. The molecule has 0 heterocycles. The molecule has 0 aliphatic carbocycles. The number of nitriles is 3. The maximum atomic E-state index is 11.1. The Bertz CT molecular complexity index is 4510. The third-order valence-electron chi connectivity index (χ3n) is 17.0. The molecule has 13 aromatic carbocycles. The van der Waals surface area contributed by atoms with Crippen molar-refractivity contribution in [2.75, 3.05) is 14.7 Å². The Labute approximate surface area is 580 Å². The third-order valence-corrected chi connectivity index (χ3v) is 17.0. The predicted octanol–water partition coefficient (Wildman–Crippen LogP) is 24.7. The van der Waals surface area contributed by atoms with Gasteiger partial charge in [-0.25, -0.2) is 0 Å². The summed E-state index contributed by atoms with van der Waals surface area (Å²) >= 11 is 0. The van der Waals surface area contributed by atoms with Crippen LogP contribution in [0, 0.1) is 34.0 Å². The lowest BCUT2D eigenvalue weighted by Crippen LogP contribution is -2.09. The van der Waals surface area contributed by atoms with E-state index in [4.69, 9.17) is 0 Å². The van der Waals surface area contributed by atoms with Gasteiger partial charge in [0, 0.05) is 67.9 Å². The second-order valence-electron chi connectivity index (χ2n) is 23.5. The van der Waals surface area contributed by atoms with Gasteiger partial charge in [0.1, 0.15) is 18.2 Å². The molecule has 0 unspecified atom stereocenters. The zero-order chi connectivity index (χ0) is 67.4. The molecule has 13 rings (SSSR count). The van der Waals surface area contributed by atoms with Crippen molar-refractivity contribution in [1.29, 1.82) is 15.8 Å². The smallest absolute Gasteiger partial charge is 0.100 e. The van der Waals surface area contributed by atoms with Crippen LogP contribution in [0.4, 0.5) is 51.2 Å². The number of anilines is 9. The minimum absolute atomic E-state index is 0.228. The largest absolute Gasteiger partial charge is 0.311 e. The fraction of sp³-hybridized carbons (Fsp3) is 0. The predicted molar refractivity (Wildman–Crippen MR) is 417 cm³/mol. The highest BCUT2D eigenvalue weighted by molar-refractivity contribution is 5.91. The van der Waals surface area contributed by atoms with Crippen LogP contribution in [0.2, 0.25) is 0 Å². The summed E-state index contributed by atoms with van der Waals surface area (Å²) in [5.41, 5.74) is 20.4. The summed E-state index contributed by atoms with van der Waals surface area (Å²) < 4.78 is 0. The molecule has 0 fully saturated rings. The Morgan fingerprint density at radius 2 is 0.293 bits per heavy atom. The first-order chi connectivity index (χ1) is 48.9. The molecule has 99 heavy (non-hydrogen) atoms. The van der Waals surface area contributed by atoms with Crippen molar-refractivity contribution < 1.29 is 0 Å². The van der Waals surface area contributed by atoms with Gasteiger partial charge < -0.3 is 14.7 Å². The van der Waals surface area contributed by atoms with Crippen LogP contribution in [-0.4, -0.2) is 0 Å². The lowest BCUT2D eigenvalue weighted by atomic mass is 9.86. The lowest BCUT2D eigenvalue weighted by Gasteiger charge is -2.25. The van der Waals surface area contributed by atoms with Crippen LogP contribution in [0.5, 0.6) is 0 Å². The van der Waals surface area contributed by atoms with E-state index in [0.29, 0.717) is 16.7 Å². The van der Waals surface area contributed by atoms with Gasteiger partial charge in [-0.2, -0.15) is 15.8 Å². The molecule has 0 radical (unpaired) electrons. The maximum absolute atomic E-state index is 11.1. The first kappa shape index (κ1) is 63.9. The standard InChI is InChI=1S/C93H66N6/c94-67-91-88(64-55-73-40-31-70(32-41-73)37-46-76-49-58-85(59-50-76)97(79-19-7-1-8-20-79)80-21-9-2-10-22-80)92(68-95)90(66-57-75-44-35-72(36-45-75)39-48-78-53-62-87(63-54-78)99(83-27-15-5-16-28-83)84-29-17-6-18-30-84)93(69-96)89(91)65-56-74-42-33-71(34-43-74)38-47-77-51-60-86(61-52-77)98(81-23-11-3-12-24-81)82-25-13-4-14-26-82/h1-66H/b46-37+,47-38+,48-39+,64-55+,65-56+,66-57+. The van der Waals surface area contributed by atoms with Crippen molar-refractivity contribution >= 4 is 124 Å². The molecule has 0 aromatic heterocycles. The quantitative estimate of drug-likeness (QED) is 0.0667. The summed E-state index contributed by atoms with van der Waals surface area (Å²) in [6.45, 7) is 0. The molecule has 6 nitrogen and oxygen atoms in total. The van der Waals surface area contributed by atoms with Crippen LogP contribution in [0.1, 0.15) is 83.5 Å². The average molecular weight is 1270 g/mol. The highest BCUT2D eigenvalue weighted by atomic mass is 15.2. The molecular weight excluding hydrogens is 1200 g/mol. The van der Waals surface area contributed by atoms with Gasteiger partial charge in [-0.15, -0.1) is 0 Å². The Kier molecular flexibility index (Phi) is 20.3. The van der Waals surface area contributed by atoms with Crippen molar-refractivity contribution in [3.05, 3.63) is 411 Å². The van der Waals surface area contributed by atoms with Gasteiger partial charge in [0.25, 0.3) is 0 Å². The fourth-order valence-corrected chi connectivity index (χ4v) is 11.9. The molecular formula is C93H66N6. The summed E-state index contributed by atoms with van der Waals surface area (Å²) in [6, 6.07) is 119. The van der Waals surface area contributed by atoms with E-state index in [2.05, 4.69) is 288 Å². The molecule has 0 atom stereocenters. The Hall–Kier alpha value is -13.8. The van der Waals surface area contributed by atoms with Crippen molar-refractivity contribution in [2.24, 2.45) is 0 Å². The molecule has 468 valence electrons. The van der Waals surface area contributed by atoms with Gasteiger partial charge in [0.15, 0.2) is 0 Å². The molecule has 13 aromatic rings. The van der Waals surface area contributed by atoms with Gasteiger partial charge in [0.05, 0.1) is 16.7 Å². The highest BCUT2D eigenvalue weighted by Gasteiger charge is 2.22. The Morgan fingerprint density at radius 3 is 0.444 bits per heavy atom. The molecule has 0 N–H and O–H groups in total. The highest BCUT2D eigenvalue weighted by Crippen LogP contribution is 2.39. The lowest BCUT2D eigenvalue weighted by molar-refractivity contribution is 1.28. The first-order valence-electron chi connectivity index (χ1n) is 32.8. The number of benzene rings is 13. The second kappa shape index (κ2) is 31.4. The number of rotatable bonds is 21. The molecule has 0 saturated heterocycles. The van der Waals surface area contributed by atoms with E-state index in [9.17, 15) is 15.8 Å². The fourth-order valence-electron chi connectivity index (χ4n) is 11.9. The molecule has 0 amide bonds. The van der Waals surface area contributed by atoms with Gasteiger partial charge in [-0.3, -0.25) is 0 Å². The van der Waals surface area contributed by atoms with Crippen LogP contribution in [0.15, 0.2) is 328 Å². The number of hydrogen-bond donors (Lipinski definition) is 0. The van der Waals surface area contributed by atoms with E-state index < -0.39 is 0 Å². The van der Waals surface area contributed by atoms with E-state index >= 15 is 0 Å². The monoisotopic (exact) mass is 1270 g/mol. The summed E-state index contributed by atoms with van der Waals surface area (Å²) in [5.74, 6) is 0. The van der Waals surface area contributed by atoms with Gasteiger partial charge >= 0.3 is 0 Å². The van der Waals surface area contributed by atoms with Gasteiger partial charge in [-0.05, 0) is 159 Å². The summed E-state index contributed by atoms with van der Waals surface area (Å²) in [6.07, 6.45) is 23.8. The van der Waals surface area contributed by atoms with E-state index in [-0.39, 0.29) is 16.7 Å². The zero-order valence-corrected chi connectivity index (χ0v) is 54.3. The number of para-hydroxylation sites is 6. The van der Waals surface area contributed by atoms with Crippen LogP contribution >= 0.6 is 0 Å². The molecule has 0 saturated carbocycles. The molecule has 0 aliphatic rings. The van der Waals surface area contributed by atoms with Crippen molar-refractivity contribution in [1.82, 2.24) is 0 Å². The SMILES string of the molecule is N#Cc1c(/C=C/c2ccc(/C=C/c3ccc(N(c4ccccc4)c4ccccc4)cc3)cc2)c(C#N)c(/C=C/c2ccc(/C=C/c3ccc(N(c4ccccc4)c4ccccc4)cc3)cc2)c(C#N)c1/C=C/c1ccc(/C=C/c2ccc(N(c3ccccc3)c3ccccc3)cc2)cc1. The number of nitrogens with zero attached hydrogens (tertiary/aromatic N) is 6. The summed E-state index contributed by atoms with van der Waals surface area (Å²) in [4.78, 5) is 6.73. The maximum Gasteiger partial charge on any atom is 0.100 e. The van der Waals surface area contributed by atoms with E-state index in [1.807, 2.05) is 146 Å². The van der Waals surface area contributed by atoms with Crippen molar-refractivity contribution in [2.45, 2.75) is 0 Å². The van der Waals surface area contributed by atoms with Crippen LogP contribution in [-0.2, 0) is 0 Å². The van der Waals surface area contributed by atoms with Crippen molar-refractivity contribution in [3.8, 4) is 18.2 Å². The third kappa shape index (κ3) is 15.7. The normalized spacial score (nSPS) is 11.4. The summed E-state index contributed by atoms with van der Waals surface area (Å²) in [5, 5.41) is 33.3. The van der Waals surface area contributed by atoms with Crippen molar-refractivity contribution in [3.63, 3.8) is 0 Å². The van der Waals surface area contributed by atoms with E-state index in [1.165, 1.54) is 0 Å². The molecule has 0 spiro atoms. The molecule has 0 bridgehead atoms. The minimum atomic E-state index is 0.228. The number of hydrogen-bond acceptors (Lipinski definition) is 6. The van der Waals surface area contributed by atoms with Crippen LogP contribution in [0.25, 0.3) is 72.9 Å².